The minimum absolute atomic E-state index is 0.510. The predicted molar refractivity (Wildman–Crippen MR) is 198 cm³/mol. The van der Waals surface area contributed by atoms with Gasteiger partial charge in [-0.05, 0) is 103 Å². The van der Waals surface area contributed by atoms with Crippen LogP contribution in [0.4, 0.5) is 17.3 Å². The van der Waals surface area contributed by atoms with Gasteiger partial charge in [0.05, 0.1) is 28.5 Å². The van der Waals surface area contributed by atoms with E-state index in [0.29, 0.717) is 5.82 Å². The van der Waals surface area contributed by atoms with Crippen molar-refractivity contribution in [1.82, 2.24) is 34.9 Å². The third-order valence-corrected chi connectivity index (χ3v) is 8.27. The van der Waals surface area contributed by atoms with Gasteiger partial charge in [-0.1, -0.05) is 18.2 Å². The van der Waals surface area contributed by atoms with Gasteiger partial charge in [0.15, 0.2) is 0 Å². The van der Waals surface area contributed by atoms with Crippen molar-refractivity contribution in [2.45, 2.75) is 0 Å². The highest BCUT2D eigenvalue weighted by Crippen LogP contribution is 2.28. The summed E-state index contributed by atoms with van der Waals surface area (Å²) in [7, 11) is 0. The van der Waals surface area contributed by atoms with Gasteiger partial charge >= 0.3 is 0 Å². The van der Waals surface area contributed by atoms with Crippen molar-refractivity contribution in [3.05, 3.63) is 159 Å². The van der Waals surface area contributed by atoms with Gasteiger partial charge in [0.25, 0.3) is 0 Å². The highest BCUT2D eigenvalue weighted by Gasteiger charge is 2.09. The van der Waals surface area contributed by atoms with Crippen molar-refractivity contribution in [2.75, 3.05) is 11.1 Å². The summed E-state index contributed by atoms with van der Waals surface area (Å²) in [6.07, 6.45) is 12.6. The summed E-state index contributed by atoms with van der Waals surface area (Å²) in [5, 5.41) is 3.34. The zero-order valence-electron chi connectivity index (χ0n) is 26.7. The van der Waals surface area contributed by atoms with Crippen LogP contribution in [-0.4, -0.2) is 34.9 Å². The van der Waals surface area contributed by atoms with Crippen LogP contribution >= 0.6 is 0 Å². The zero-order valence-corrected chi connectivity index (χ0v) is 26.7. The molecule has 8 rings (SSSR count). The first-order valence-corrected chi connectivity index (χ1v) is 16.0. The zero-order chi connectivity index (χ0) is 33.7. The number of aromatic nitrogens is 7. The van der Waals surface area contributed by atoms with Crippen LogP contribution in [0.5, 0.6) is 0 Å². The molecule has 3 N–H and O–H groups in total. The number of rotatable bonds is 8. The maximum absolute atomic E-state index is 6.02. The lowest BCUT2D eigenvalue weighted by molar-refractivity contribution is 1.24. The molecule has 1 aromatic carbocycles. The SMILES string of the molecule is Nc1ncccc1-c1ccc(Nc2ccc(-c3ccc(-c4ccc(-c5ccc(-c6ccc(-c7ccccn7)cn6)cn5)cn4)cn3)cn2)cc1. The lowest BCUT2D eigenvalue weighted by Crippen LogP contribution is -1.95. The predicted octanol–water partition coefficient (Wildman–Crippen LogP) is 8.78. The van der Waals surface area contributed by atoms with E-state index >= 15 is 0 Å². The van der Waals surface area contributed by atoms with Crippen LogP contribution in [0.2, 0.25) is 0 Å². The average molecular weight is 648 g/mol. The third kappa shape index (κ3) is 6.51. The molecular formula is C41H29N9. The first-order valence-electron chi connectivity index (χ1n) is 16.0. The smallest absolute Gasteiger partial charge is 0.131 e. The molecule has 0 fully saturated rings. The minimum atomic E-state index is 0.510. The van der Waals surface area contributed by atoms with Gasteiger partial charge in [-0.15, -0.1) is 0 Å². The Morgan fingerprint density at radius 1 is 0.360 bits per heavy atom. The molecule has 0 atom stereocenters. The summed E-state index contributed by atoms with van der Waals surface area (Å²) in [5.74, 6) is 1.25. The molecule has 0 aliphatic rings. The standard InChI is InChI=1S/C41H29N9/c42-41-34(4-3-21-44-41)27-6-13-33(14-7-27)50-40-19-12-32(26-49-40)39-18-11-31(25-48-39)38-17-10-30(24-47-38)37-16-9-29(23-46-37)36-15-8-28(22-45-36)35-5-1-2-20-43-35/h1-26H,(H2,42,44)(H,49,50). The van der Waals surface area contributed by atoms with E-state index in [0.717, 1.165) is 78.9 Å². The van der Waals surface area contributed by atoms with Gasteiger partial charge in [0.2, 0.25) is 0 Å². The van der Waals surface area contributed by atoms with Crippen LogP contribution in [0.1, 0.15) is 0 Å². The molecule has 0 saturated heterocycles. The Hall–Kier alpha value is -7.13. The maximum Gasteiger partial charge on any atom is 0.131 e. The Kier molecular flexibility index (Phi) is 8.18. The number of anilines is 3. The van der Waals surface area contributed by atoms with E-state index in [1.54, 1.807) is 12.4 Å². The van der Waals surface area contributed by atoms with E-state index in [4.69, 9.17) is 10.7 Å². The van der Waals surface area contributed by atoms with Crippen LogP contribution < -0.4 is 11.1 Å². The van der Waals surface area contributed by atoms with Crippen LogP contribution in [0.25, 0.3) is 67.4 Å². The Balaban J connectivity index is 0.895. The number of hydrogen-bond donors (Lipinski definition) is 2. The lowest BCUT2D eigenvalue weighted by Gasteiger charge is -2.09. The van der Waals surface area contributed by atoms with Crippen LogP contribution in [0, 0.1) is 0 Å². The number of nitrogens with one attached hydrogen (secondary N) is 1. The molecule has 0 radical (unpaired) electrons. The molecule has 7 heterocycles. The molecule has 0 amide bonds. The van der Waals surface area contributed by atoms with Crippen molar-refractivity contribution < 1.29 is 0 Å². The second kappa shape index (κ2) is 13.5. The second-order valence-corrected chi connectivity index (χ2v) is 11.5. The normalized spacial score (nSPS) is 10.9. The molecule has 50 heavy (non-hydrogen) atoms. The molecule has 7 aromatic heterocycles. The van der Waals surface area contributed by atoms with E-state index in [1.165, 1.54) is 0 Å². The van der Waals surface area contributed by atoms with E-state index in [1.807, 2.05) is 146 Å². The van der Waals surface area contributed by atoms with Gasteiger partial charge in [0, 0.05) is 82.4 Å². The van der Waals surface area contributed by atoms with E-state index < -0.39 is 0 Å². The number of nitrogens with zero attached hydrogens (tertiary/aromatic N) is 7. The van der Waals surface area contributed by atoms with Gasteiger partial charge in [-0.2, -0.15) is 0 Å². The highest BCUT2D eigenvalue weighted by atomic mass is 15.0. The van der Waals surface area contributed by atoms with Crippen molar-refractivity contribution in [3.8, 4) is 67.4 Å². The van der Waals surface area contributed by atoms with Crippen molar-refractivity contribution in [1.29, 1.82) is 0 Å². The van der Waals surface area contributed by atoms with Crippen LogP contribution in [0.3, 0.4) is 0 Å². The van der Waals surface area contributed by atoms with Crippen molar-refractivity contribution in [2.24, 2.45) is 0 Å². The molecule has 9 heteroatoms. The largest absolute Gasteiger partial charge is 0.383 e. The van der Waals surface area contributed by atoms with Crippen molar-refractivity contribution in [3.63, 3.8) is 0 Å². The van der Waals surface area contributed by atoms with E-state index in [2.05, 4.69) is 35.2 Å². The number of nitrogen functional groups attached to an aromatic ring is 1. The molecule has 0 unspecified atom stereocenters. The van der Waals surface area contributed by atoms with Crippen molar-refractivity contribution >= 4 is 17.3 Å². The van der Waals surface area contributed by atoms with Crippen LogP contribution in [0.15, 0.2) is 159 Å². The van der Waals surface area contributed by atoms with Gasteiger partial charge in [-0.3, -0.25) is 24.9 Å². The van der Waals surface area contributed by atoms with Crippen LogP contribution in [-0.2, 0) is 0 Å². The maximum atomic E-state index is 6.02. The first-order chi connectivity index (χ1) is 24.7. The van der Waals surface area contributed by atoms with E-state index in [-0.39, 0.29) is 0 Å². The molecule has 9 nitrogen and oxygen atoms in total. The van der Waals surface area contributed by atoms with E-state index in [9.17, 15) is 0 Å². The Morgan fingerprint density at radius 3 is 1.24 bits per heavy atom. The number of benzene rings is 1. The Morgan fingerprint density at radius 2 is 0.820 bits per heavy atom. The molecule has 0 saturated carbocycles. The quantitative estimate of drug-likeness (QED) is 0.166. The molecule has 0 aliphatic heterocycles. The monoisotopic (exact) mass is 647 g/mol. The number of hydrogen-bond acceptors (Lipinski definition) is 9. The fourth-order valence-electron chi connectivity index (χ4n) is 5.56. The summed E-state index contributed by atoms with van der Waals surface area (Å²) in [4.78, 5) is 31.8. The topological polar surface area (TPSA) is 128 Å². The lowest BCUT2D eigenvalue weighted by atomic mass is 10.1. The van der Waals surface area contributed by atoms with Gasteiger partial charge in [-0.25, -0.2) is 9.97 Å². The summed E-state index contributed by atoms with van der Waals surface area (Å²) in [6.45, 7) is 0. The number of nitrogens with two attached hydrogens (primary N) is 1. The fourth-order valence-corrected chi connectivity index (χ4v) is 5.56. The molecule has 238 valence electrons. The summed E-state index contributed by atoms with van der Waals surface area (Å²) in [5.41, 5.74) is 17.8. The third-order valence-electron chi connectivity index (χ3n) is 8.27. The minimum Gasteiger partial charge on any atom is -0.383 e. The molecule has 0 aliphatic carbocycles. The number of pyridine rings is 7. The molecule has 0 bridgehead atoms. The molecular weight excluding hydrogens is 619 g/mol. The first kappa shape index (κ1) is 30.2. The molecule has 0 spiro atoms. The molecule has 8 aromatic rings. The van der Waals surface area contributed by atoms with Gasteiger partial charge < -0.3 is 11.1 Å². The Labute approximate surface area is 288 Å². The highest BCUT2D eigenvalue weighted by molar-refractivity contribution is 5.75. The average Bonchev–Trinajstić information content (AvgIpc) is 3.19. The summed E-state index contributed by atoms with van der Waals surface area (Å²) < 4.78 is 0. The fraction of sp³-hybridized carbons (Fsp3) is 0. The second-order valence-electron chi connectivity index (χ2n) is 11.5. The summed E-state index contributed by atoms with van der Waals surface area (Å²) in [6, 6.07) is 37.7. The Bertz CT molecular complexity index is 2340. The van der Waals surface area contributed by atoms with Gasteiger partial charge in [0.1, 0.15) is 11.6 Å². The summed E-state index contributed by atoms with van der Waals surface area (Å²) >= 11 is 0.